The Balaban J connectivity index is 2.61. The van der Waals surface area contributed by atoms with Gasteiger partial charge in [0.1, 0.15) is 23.4 Å². The van der Waals surface area contributed by atoms with Crippen molar-refractivity contribution in [2.24, 2.45) is 0 Å². The summed E-state index contributed by atoms with van der Waals surface area (Å²) in [5, 5.41) is 22.5. The van der Waals surface area contributed by atoms with Crippen molar-refractivity contribution in [2.75, 3.05) is 13.2 Å². The predicted octanol–water partition coefficient (Wildman–Crippen LogP) is 2.52. The van der Waals surface area contributed by atoms with Crippen LogP contribution in [-0.2, 0) is 0 Å². The van der Waals surface area contributed by atoms with Crippen LogP contribution in [0.4, 0.5) is 5.69 Å². The van der Waals surface area contributed by atoms with Crippen LogP contribution in [0.3, 0.4) is 0 Å². The van der Waals surface area contributed by atoms with E-state index >= 15 is 0 Å². The first kappa shape index (κ1) is 15.2. The lowest BCUT2D eigenvalue weighted by Crippen LogP contribution is -2.33. The lowest BCUT2D eigenvalue weighted by molar-refractivity contribution is -0.384. The Morgan fingerprint density at radius 2 is 2.37 bits per heavy atom. The molecule has 0 amide bonds. The van der Waals surface area contributed by atoms with Crippen molar-refractivity contribution >= 4 is 17.3 Å². The van der Waals surface area contributed by atoms with Crippen LogP contribution in [0.15, 0.2) is 18.2 Å². The zero-order valence-corrected chi connectivity index (χ0v) is 11.2. The van der Waals surface area contributed by atoms with Crippen LogP contribution in [0.5, 0.6) is 5.75 Å². The zero-order valence-electron chi connectivity index (χ0n) is 10.4. The van der Waals surface area contributed by atoms with Crippen LogP contribution in [0.2, 0.25) is 5.02 Å². The van der Waals surface area contributed by atoms with Crippen LogP contribution in [0.25, 0.3) is 0 Å². The largest absolute Gasteiger partial charge is 0.491 e. The highest BCUT2D eigenvalue weighted by atomic mass is 35.5. The number of benzene rings is 1. The second-order valence-corrected chi connectivity index (χ2v) is 4.22. The minimum atomic E-state index is -0.563. The van der Waals surface area contributed by atoms with E-state index in [1.807, 2.05) is 6.92 Å². The van der Waals surface area contributed by atoms with Gasteiger partial charge in [-0.05, 0) is 19.0 Å². The van der Waals surface area contributed by atoms with Crippen LogP contribution in [0, 0.1) is 21.4 Å². The third-order valence-corrected chi connectivity index (χ3v) is 2.63. The van der Waals surface area contributed by atoms with E-state index in [1.165, 1.54) is 18.2 Å². The molecule has 0 bridgehead atoms. The Hall–Kier alpha value is -1.84. The van der Waals surface area contributed by atoms with Gasteiger partial charge >= 0.3 is 0 Å². The van der Waals surface area contributed by atoms with Gasteiger partial charge in [-0.3, -0.25) is 15.4 Å². The first-order valence-electron chi connectivity index (χ1n) is 5.78. The van der Waals surface area contributed by atoms with Crippen LogP contribution in [-0.4, -0.2) is 24.1 Å². The minimum Gasteiger partial charge on any atom is -0.491 e. The molecule has 0 radical (unpaired) electrons. The fourth-order valence-electron chi connectivity index (χ4n) is 1.37. The van der Waals surface area contributed by atoms with Gasteiger partial charge in [-0.2, -0.15) is 5.26 Å². The molecule has 0 aliphatic heterocycles. The SMILES string of the molecule is CCCNC(C#N)COc1ccc([N+](=O)[O-])c(Cl)c1. The molecule has 0 heterocycles. The molecular formula is C12H14ClN3O3. The van der Waals surface area contributed by atoms with Crippen molar-refractivity contribution in [3.63, 3.8) is 0 Å². The topological polar surface area (TPSA) is 88.2 Å². The summed E-state index contributed by atoms with van der Waals surface area (Å²) in [4.78, 5) is 10.0. The van der Waals surface area contributed by atoms with E-state index < -0.39 is 11.0 Å². The summed E-state index contributed by atoms with van der Waals surface area (Å²) >= 11 is 5.75. The summed E-state index contributed by atoms with van der Waals surface area (Å²) in [6, 6.07) is 5.75. The molecule has 0 aliphatic rings. The number of nitrogens with one attached hydrogen (secondary N) is 1. The number of hydrogen-bond acceptors (Lipinski definition) is 5. The predicted molar refractivity (Wildman–Crippen MR) is 71.3 cm³/mol. The fourth-order valence-corrected chi connectivity index (χ4v) is 1.60. The van der Waals surface area contributed by atoms with Crippen molar-refractivity contribution in [1.29, 1.82) is 5.26 Å². The lowest BCUT2D eigenvalue weighted by atomic mass is 10.3. The average molecular weight is 284 g/mol. The Labute approximate surface area is 116 Å². The summed E-state index contributed by atoms with van der Waals surface area (Å²) in [6.45, 7) is 2.88. The molecular weight excluding hydrogens is 270 g/mol. The number of nitriles is 1. The molecule has 102 valence electrons. The molecule has 0 spiro atoms. The van der Waals surface area contributed by atoms with E-state index in [0.29, 0.717) is 5.75 Å². The molecule has 1 aromatic rings. The molecule has 0 saturated heterocycles. The number of rotatable bonds is 7. The van der Waals surface area contributed by atoms with Crippen LogP contribution in [0.1, 0.15) is 13.3 Å². The van der Waals surface area contributed by atoms with Crippen LogP contribution >= 0.6 is 11.6 Å². The Morgan fingerprint density at radius 1 is 1.63 bits per heavy atom. The lowest BCUT2D eigenvalue weighted by Gasteiger charge is -2.12. The first-order valence-corrected chi connectivity index (χ1v) is 6.16. The fraction of sp³-hybridized carbons (Fsp3) is 0.417. The Morgan fingerprint density at radius 3 is 2.89 bits per heavy atom. The van der Waals surface area contributed by atoms with E-state index in [1.54, 1.807) is 0 Å². The van der Waals surface area contributed by atoms with Crippen molar-refractivity contribution in [1.82, 2.24) is 5.32 Å². The minimum absolute atomic E-state index is 0.0116. The third-order valence-electron chi connectivity index (χ3n) is 2.33. The maximum Gasteiger partial charge on any atom is 0.288 e. The summed E-state index contributed by atoms with van der Waals surface area (Å²) in [7, 11) is 0. The van der Waals surface area contributed by atoms with Gasteiger partial charge in [-0.15, -0.1) is 0 Å². The number of hydrogen-bond donors (Lipinski definition) is 1. The molecule has 0 fully saturated rings. The van der Waals surface area contributed by atoms with Gasteiger partial charge in [0.2, 0.25) is 0 Å². The van der Waals surface area contributed by atoms with Gasteiger partial charge in [-0.1, -0.05) is 18.5 Å². The molecule has 1 rings (SSSR count). The molecule has 7 heteroatoms. The maximum atomic E-state index is 10.6. The average Bonchev–Trinajstić information content (AvgIpc) is 2.38. The zero-order chi connectivity index (χ0) is 14.3. The number of halogens is 1. The van der Waals surface area contributed by atoms with E-state index in [9.17, 15) is 10.1 Å². The van der Waals surface area contributed by atoms with Gasteiger partial charge in [-0.25, -0.2) is 0 Å². The second-order valence-electron chi connectivity index (χ2n) is 3.82. The Kier molecular flexibility index (Phi) is 6.06. The smallest absolute Gasteiger partial charge is 0.288 e. The highest BCUT2D eigenvalue weighted by Gasteiger charge is 2.13. The summed E-state index contributed by atoms with van der Waals surface area (Å²) in [5.41, 5.74) is -0.171. The van der Waals surface area contributed by atoms with Gasteiger partial charge in [0.25, 0.3) is 5.69 Å². The first-order chi connectivity index (χ1) is 9.08. The third kappa shape index (κ3) is 4.73. The van der Waals surface area contributed by atoms with Gasteiger partial charge in [0.15, 0.2) is 0 Å². The van der Waals surface area contributed by atoms with Crippen molar-refractivity contribution in [3.05, 3.63) is 33.3 Å². The number of ether oxygens (including phenoxy) is 1. The standard InChI is InChI=1S/C12H14ClN3O3/c1-2-5-15-9(7-14)8-19-10-3-4-12(16(17)18)11(13)6-10/h3-4,6,9,15H,2,5,8H2,1H3. The highest BCUT2D eigenvalue weighted by molar-refractivity contribution is 6.32. The maximum absolute atomic E-state index is 10.6. The van der Waals surface area contributed by atoms with Gasteiger partial charge in [0.05, 0.1) is 11.0 Å². The van der Waals surface area contributed by atoms with Crippen molar-refractivity contribution < 1.29 is 9.66 Å². The van der Waals surface area contributed by atoms with Crippen molar-refractivity contribution in [2.45, 2.75) is 19.4 Å². The van der Waals surface area contributed by atoms with E-state index in [4.69, 9.17) is 21.6 Å². The van der Waals surface area contributed by atoms with E-state index in [0.717, 1.165) is 13.0 Å². The van der Waals surface area contributed by atoms with E-state index in [2.05, 4.69) is 11.4 Å². The molecule has 1 N–H and O–H groups in total. The summed E-state index contributed by atoms with van der Waals surface area (Å²) in [5.74, 6) is 0.397. The monoisotopic (exact) mass is 283 g/mol. The second kappa shape index (κ2) is 7.56. The Bertz CT molecular complexity index is 488. The molecule has 1 aromatic carbocycles. The molecule has 0 aliphatic carbocycles. The number of nitrogens with zero attached hydrogens (tertiary/aromatic N) is 2. The molecule has 0 aromatic heterocycles. The van der Waals surface area contributed by atoms with Gasteiger partial charge in [0, 0.05) is 12.1 Å². The van der Waals surface area contributed by atoms with Crippen LogP contribution < -0.4 is 10.1 Å². The summed E-state index contributed by atoms with van der Waals surface area (Å²) in [6.07, 6.45) is 0.918. The molecule has 6 nitrogen and oxygen atoms in total. The summed E-state index contributed by atoms with van der Waals surface area (Å²) < 4.78 is 5.38. The van der Waals surface area contributed by atoms with Crippen molar-refractivity contribution in [3.8, 4) is 11.8 Å². The highest BCUT2D eigenvalue weighted by Crippen LogP contribution is 2.28. The molecule has 1 unspecified atom stereocenters. The molecule has 0 saturated carbocycles. The number of nitro benzene ring substituents is 1. The molecule has 1 atom stereocenters. The normalized spacial score (nSPS) is 11.6. The quantitative estimate of drug-likeness (QED) is 0.613. The van der Waals surface area contributed by atoms with E-state index in [-0.39, 0.29) is 17.3 Å². The number of nitro groups is 1. The van der Waals surface area contributed by atoms with Gasteiger partial charge < -0.3 is 4.74 Å². The molecule has 19 heavy (non-hydrogen) atoms.